The van der Waals surface area contributed by atoms with Gasteiger partial charge in [-0.05, 0) is 38.7 Å². The monoisotopic (exact) mass is 363 g/mol. The molecule has 1 aromatic heterocycles. The molecule has 0 spiro atoms. The fourth-order valence-corrected chi connectivity index (χ4v) is 3.87. The number of nitrogens with zero attached hydrogens (tertiary/aromatic N) is 3. The van der Waals surface area contributed by atoms with E-state index in [9.17, 15) is 8.42 Å². The number of unbranched alkanes of at least 4 members (excludes halogenated alkanes) is 1. The molecule has 0 aromatic carbocycles. The molecule has 2 rings (SSSR count). The minimum Gasteiger partial charge on any atom is -0.365 e. The fraction of sp³-hybridized carbons (Fsp3) is 0.556. The molecule has 0 aliphatic carbocycles. The maximum absolute atomic E-state index is 12.3. The maximum Gasteiger partial charge on any atom is 0.235 e. The van der Waals surface area contributed by atoms with E-state index in [1.54, 1.807) is 31.5 Å². The fourth-order valence-electron chi connectivity index (χ4n) is 2.60. The Morgan fingerprint density at radius 1 is 1.32 bits per heavy atom. The summed E-state index contributed by atoms with van der Waals surface area (Å²) in [6, 6.07) is 1.78. The number of allylic oxidation sites excluding steroid dienone is 1. The van der Waals surface area contributed by atoms with Gasteiger partial charge in [0.05, 0.1) is 6.10 Å². The van der Waals surface area contributed by atoms with Crippen molar-refractivity contribution in [1.29, 1.82) is 0 Å². The molecule has 1 aliphatic heterocycles. The molecule has 1 fully saturated rings. The predicted octanol–water partition coefficient (Wildman–Crippen LogP) is 2.15. The average Bonchev–Trinajstić information content (AvgIpc) is 2.63. The third kappa shape index (κ3) is 6.94. The number of piperidine rings is 1. The summed E-state index contributed by atoms with van der Waals surface area (Å²) in [4.78, 5) is 8.30. The van der Waals surface area contributed by atoms with Crippen LogP contribution in [0.4, 0.5) is 0 Å². The van der Waals surface area contributed by atoms with Crippen LogP contribution in [-0.2, 0) is 21.2 Å². The summed E-state index contributed by atoms with van der Waals surface area (Å²) in [6.45, 7) is 3.18. The van der Waals surface area contributed by atoms with Gasteiger partial charge in [-0.2, -0.15) is 4.31 Å². The van der Waals surface area contributed by atoms with E-state index in [-0.39, 0.29) is 6.10 Å². The lowest BCUT2D eigenvalue weighted by molar-refractivity contribution is 0.0411. The number of hydrogen-bond donors (Lipinski definition) is 0. The molecule has 0 N–H and O–H groups in total. The van der Waals surface area contributed by atoms with Crippen LogP contribution in [-0.4, -0.2) is 48.5 Å². The summed E-state index contributed by atoms with van der Waals surface area (Å²) < 4.78 is 31.8. The molecule has 25 heavy (non-hydrogen) atoms. The van der Waals surface area contributed by atoms with Gasteiger partial charge in [0, 0.05) is 37.3 Å². The van der Waals surface area contributed by atoms with E-state index in [2.05, 4.69) is 21.8 Å². The number of aryl methyl sites for hydroxylation is 1. The first-order valence-electron chi connectivity index (χ1n) is 8.55. The van der Waals surface area contributed by atoms with Crippen LogP contribution < -0.4 is 0 Å². The lowest BCUT2D eigenvalue weighted by Crippen LogP contribution is -2.40. The second kappa shape index (κ2) is 10.3. The molecule has 0 saturated carbocycles. The van der Waals surface area contributed by atoms with Crippen LogP contribution in [0.25, 0.3) is 0 Å². The van der Waals surface area contributed by atoms with Crippen molar-refractivity contribution in [1.82, 2.24) is 14.3 Å². The summed E-state index contributed by atoms with van der Waals surface area (Å²) in [6.07, 6.45) is 8.93. The second-order valence-corrected chi connectivity index (χ2v) is 7.63. The van der Waals surface area contributed by atoms with Gasteiger partial charge in [0.1, 0.15) is 12.4 Å². The Kier molecular flexibility index (Phi) is 8.06. The van der Waals surface area contributed by atoms with Crippen molar-refractivity contribution in [2.45, 2.75) is 45.1 Å². The Bertz CT molecular complexity index is 700. The smallest absolute Gasteiger partial charge is 0.235 e. The maximum atomic E-state index is 12.3. The first kappa shape index (κ1) is 19.6. The quantitative estimate of drug-likeness (QED) is 0.523. The van der Waals surface area contributed by atoms with E-state index < -0.39 is 10.0 Å². The average molecular weight is 363 g/mol. The highest BCUT2D eigenvalue weighted by molar-refractivity contribution is 7.92. The van der Waals surface area contributed by atoms with Crippen LogP contribution in [0.3, 0.4) is 0 Å². The Balaban J connectivity index is 1.71. The van der Waals surface area contributed by atoms with Crippen LogP contribution in [0.2, 0.25) is 0 Å². The van der Waals surface area contributed by atoms with Gasteiger partial charge in [-0.1, -0.05) is 12.0 Å². The van der Waals surface area contributed by atoms with Crippen LogP contribution in [0.1, 0.15) is 38.4 Å². The normalized spacial score (nSPS) is 16.7. The minimum atomic E-state index is -3.34. The molecule has 6 nitrogen and oxygen atoms in total. The molecule has 136 valence electrons. The lowest BCUT2D eigenvalue weighted by atomic mass is 10.1. The third-order valence-corrected chi connectivity index (χ3v) is 5.61. The summed E-state index contributed by atoms with van der Waals surface area (Å²) in [5.74, 6) is 6.44. The second-order valence-electron chi connectivity index (χ2n) is 5.81. The number of rotatable bonds is 8. The Labute approximate surface area is 150 Å². The van der Waals surface area contributed by atoms with E-state index in [0.717, 1.165) is 18.7 Å². The van der Waals surface area contributed by atoms with E-state index in [1.807, 2.05) is 0 Å². The van der Waals surface area contributed by atoms with Crippen molar-refractivity contribution in [3.05, 3.63) is 35.8 Å². The van der Waals surface area contributed by atoms with Gasteiger partial charge in [0.25, 0.3) is 0 Å². The highest BCUT2D eigenvalue weighted by Gasteiger charge is 2.26. The van der Waals surface area contributed by atoms with E-state index in [4.69, 9.17) is 4.74 Å². The Morgan fingerprint density at radius 3 is 2.72 bits per heavy atom. The number of hydrogen-bond acceptors (Lipinski definition) is 5. The van der Waals surface area contributed by atoms with Crippen molar-refractivity contribution in [3.8, 4) is 11.8 Å². The van der Waals surface area contributed by atoms with Crippen molar-refractivity contribution in [3.63, 3.8) is 0 Å². The van der Waals surface area contributed by atoms with Gasteiger partial charge in [-0.25, -0.2) is 18.4 Å². The molecule has 0 atom stereocenters. The largest absolute Gasteiger partial charge is 0.365 e. The van der Waals surface area contributed by atoms with Crippen LogP contribution in [0.5, 0.6) is 0 Å². The van der Waals surface area contributed by atoms with Crippen molar-refractivity contribution in [2.24, 2.45) is 0 Å². The first-order valence-corrected chi connectivity index (χ1v) is 10.1. The standard InChI is InChI=1S/C18H25N3O3S/c1-2-3-15-24-17-9-13-21(14-10-17)25(22,23)16-6-4-5-8-18-19-11-7-12-20-18/h6-7,11-12,16-17H,4-5,8-10,13-15H2,1H3. The van der Waals surface area contributed by atoms with Gasteiger partial charge in [0.15, 0.2) is 0 Å². The van der Waals surface area contributed by atoms with E-state index >= 15 is 0 Å². The van der Waals surface area contributed by atoms with E-state index in [1.165, 1.54) is 9.71 Å². The van der Waals surface area contributed by atoms with Crippen LogP contribution in [0, 0.1) is 11.8 Å². The molecular weight excluding hydrogens is 338 g/mol. The molecule has 0 bridgehead atoms. The van der Waals surface area contributed by atoms with E-state index in [0.29, 0.717) is 39.0 Å². The summed E-state index contributed by atoms with van der Waals surface area (Å²) in [7, 11) is -3.34. The molecular formula is C18H25N3O3S. The number of aromatic nitrogens is 2. The first-order chi connectivity index (χ1) is 12.1. The Hall–Kier alpha value is -1.75. The SMILES string of the molecule is CC#CCOC1CCN(S(=O)(=O)C=CCCCc2ncccn2)CC1. The molecule has 1 saturated heterocycles. The summed E-state index contributed by atoms with van der Waals surface area (Å²) in [5, 5.41) is 1.32. The third-order valence-electron chi connectivity index (χ3n) is 3.99. The molecule has 0 unspecified atom stereocenters. The Morgan fingerprint density at radius 2 is 2.04 bits per heavy atom. The predicted molar refractivity (Wildman–Crippen MR) is 97.0 cm³/mol. The molecule has 1 aliphatic rings. The van der Waals surface area contributed by atoms with Crippen LogP contribution in [0.15, 0.2) is 29.9 Å². The number of sulfonamides is 1. The van der Waals surface area contributed by atoms with Gasteiger partial charge >= 0.3 is 0 Å². The van der Waals surface area contributed by atoms with Crippen molar-refractivity contribution in [2.75, 3.05) is 19.7 Å². The van der Waals surface area contributed by atoms with Gasteiger partial charge in [-0.15, -0.1) is 5.92 Å². The zero-order valence-corrected chi connectivity index (χ0v) is 15.4. The number of ether oxygens (including phenoxy) is 1. The highest BCUT2D eigenvalue weighted by Crippen LogP contribution is 2.17. The van der Waals surface area contributed by atoms with Crippen LogP contribution >= 0.6 is 0 Å². The van der Waals surface area contributed by atoms with Crippen molar-refractivity contribution >= 4 is 10.0 Å². The lowest BCUT2D eigenvalue weighted by Gasteiger charge is -2.29. The molecule has 0 amide bonds. The minimum absolute atomic E-state index is 0.0992. The molecule has 2 heterocycles. The zero-order valence-electron chi connectivity index (χ0n) is 14.6. The summed E-state index contributed by atoms with van der Waals surface area (Å²) in [5.41, 5.74) is 0. The van der Waals surface area contributed by atoms with Gasteiger partial charge < -0.3 is 4.74 Å². The summed E-state index contributed by atoms with van der Waals surface area (Å²) >= 11 is 0. The topological polar surface area (TPSA) is 72.4 Å². The van der Waals surface area contributed by atoms with Gasteiger partial charge in [-0.3, -0.25) is 0 Å². The molecule has 0 radical (unpaired) electrons. The highest BCUT2D eigenvalue weighted by atomic mass is 32.2. The van der Waals surface area contributed by atoms with Crippen molar-refractivity contribution < 1.29 is 13.2 Å². The molecule has 7 heteroatoms. The zero-order chi connectivity index (χ0) is 18.0. The van der Waals surface area contributed by atoms with Gasteiger partial charge in [0.2, 0.25) is 10.0 Å². The molecule has 1 aromatic rings.